The molecule has 0 atom stereocenters. The highest BCUT2D eigenvalue weighted by Crippen LogP contribution is 2.11. The molecule has 1 aromatic carbocycles. The maximum atomic E-state index is 11.0. The number of halogens is 1. The van der Waals surface area contributed by atoms with E-state index in [0.717, 1.165) is 23.7 Å². The number of hydrogen-bond acceptors (Lipinski definition) is 4. The summed E-state index contributed by atoms with van der Waals surface area (Å²) in [5.74, 6) is -0.319. The average molecular weight is 286 g/mol. The first kappa shape index (κ1) is 16.0. The molecule has 0 aromatic heterocycles. The Bertz CT molecular complexity index is 398. The second-order valence-electron chi connectivity index (χ2n) is 4.23. The van der Waals surface area contributed by atoms with Crippen molar-refractivity contribution >= 4 is 17.6 Å². The fraction of sp³-hybridized carbons (Fsp3) is 0.500. The minimum absolute atomic E-state index is 0.0127. The summed E-state index contributed by atoms with van der Waals surface area (Å²) in [6, 6.07) is 7.76. The molecule has 0 saturated heterocycles. The molecule has 5 heteroatoms. The van der Waals surface area contributed by atoms with E-state index in [-0.39, 0.29) is 12.6 Å². The zero-order valence-corrected chi connectivity index (χ0v) is 12.2. The summed E-state index contributed by atoms with van der Waals surface area (Å²) in [7, 11) is 1.99. The van der Waals surface area contributed by atoms with E-state index in [1.165, 1.54) is 0 Å². The van der Waals surface area contributed by atoms with Crippen LogP contribution in [0.2, 0.25) is 5.02 Å². The lowest BCUT2D eigenvalue weighted by Crippen LogP contribution is -2.24. The van der Waals surface area contributed by atoms with E-state index in [2.05, 4.69) is 4.90 Å². The third kappa shape index (κ3) is 7.15. The number of ether oxygens (including phenoxy) is 2. The molecule has 106 valence electrons. The Morgan fingerprint density at radius 1 is 1.42 bits per heavy atom. The molecule has 1 rings (SSSR count). The van der Waals surface area contributed by atoms with Crippen molar-refractivity contribution in [2.45, 2.75) is 13.5 Å². The summed E-state index contributed by atoms with van der Waals surface area (Å²) in [5, 5.41) is 0.740. The number of likely N-dealkylation sites (N-methyl/N-ethyl adjacent to an activating group) is 1. The van der Waals surface area contributed by atoms with Crippen LogP contribution in [-0.2, 0) is 20.8 Å². The van der Waals surface area contributed by atoms with Gasteiger partial charge in [-0.2, -0.15) is 0 Å². The molecule has 4 nitrogen and oxygen atoms in total. The van der Waals surface area contributed by atoms with Crippen molar-refractivity contribution in [3.8, 4) is 0 Å². The molecule has 0 N–H and O–H groups in total. The van der Waals surface area contributed by atoms with E-state index in [1.807, 2.05) is 31.3 Å². The molecule has 0 aliphatic rings. The van der Waals surface area contributed by atoms with Gasteiger partial charge in [-0.05, 0) is 31.7 Å². The maximum absolute atomic E-state index is 11.0. The van der Waals surface area contributed by atoms with E-state index in [0.29, 0.717) is 13.2 Å². The van der Waals surface area contributed by atoms with Gasteiger partial charge in [0.25, 0.3) is 0 Å². The van der Waals surface area contributed by atoms with Crippen molar-refractivity contribution < 1.29 is 14.3 Å². The Balaban J connectivity index is 2.18. The van der Waals surface area contributed by atoms with Crippen molar-refractivity contribution in [3.63, 3.8) is 0 Å². The van der Waals surface area contributed by atoms with Crippen LogP contribution < -0.4 is 0 Å². The monoisotopic (exact) mass is 285 g/mol. The van der Waals surface area contributed by atoms with Crippen molar-refractivity contribution in [2.24, 2.45) is 0 Å². The molecule has 0 radical (unpaired) electrons. The lowest BCUT2D eigenvalue weighted by molar-refractivity contribution is -0.148. The number of rotatable bonds is 8. The first-order valence-electron chi connectivity index (χ1n) is 6.28. The maximum Gasteiger partial charge on any atom is 0.332 e. The summed E-state index contributed by atoms with van der Waals surface area (Å²) in [5.41, 5.74) is 1.15. The molecule has 1 aromatic rings. The van der Waals surface area contributed by atoms with Gasteiger partial charge in [0.1, 0.15) is 6.61 Å². The second-order valence-corrected chi connectivity index (χ2v) is 4.66. The van der Waals surface area contributed by atoms with Gasteiger partial charge in [-0.1, -0.05) is 23.7 Å². The van der Waals surface area contributed by atoms with E-state index >= 15 is 0 Å². The van der Waals surface area contributed by atoms with Crippen LogP contribution in [0.25, 0.3) is 0 Å². The summed E-state index contributed by atoms with van der Waals surface area (Å²) in [4.78, 5) is 13.1. The SMILES string of the molecule is CCOC(=O)COCCN(C)Cc1cccc(Cl)c1. The average Bonchev–Trinajstić information content (AvgIpc) is 2.35. The van der Waals surface area contributed by atoms with Crippen molar-refractivity contribution in [1.82, 2.24) is 4.90 Å². The Hall–Kier alpha value is -1.10. The summed E-state index contributed by atoms with van der Waals surface area (Å²) < 4.78 is 10.0. The summed E-state index contributed by atoms with van der Waals surface area (Å²) in [6.07, 6.45) is 0. The van der Waals surface area contributed by atoms with Crippen molar-refractivity contribution in [1.29, 1.82) is 0 Å². The molecule has 0 saturated carbocycles. The van der Waals surface area contributed by atoms with Crippen LogP contribution in [0.4, 0.5) is 0 Å². The van der Waals surface area contributed by atoms with Crippen LogP contribution in [0.5, 0.6) is 0 Å². The fourth-order valence-electron chi connectivity index (χ4n) is 1.60. The summed E-state index contributed by atoms with van der Waals surface area (Å²) in [6.45, 7) is 4.21. The molecule has 0 fully saturated rings. The second kappa shape index (κ2) is 8.91. The smallest absolute Gasteiger partial charge is 0.332 e. The van der Waals surface area contributed by atoms with Gasteiger partial charge in [0.05, 0.1) is 13.2 Å². The third-order valence-electron chi connectivity index (χ3n) is 2.48. The summed E-state index contributed by atoms with van der Waals surface area (Å²) >= 11 is 5.93. The topological polar surface area (TPSA) is 38.8 Å². The van der Waals surface area contributed by atoms with Crippen molar-refractivity contribution in [2.75, 3.05) is 33.4 Å². The lowest BCUT2D eigenvalue weighted by Gasteiger charge is -2.16. The van der Waals surface area contributed by atoms with Gasteiger partial charge >= 0.3 is 5.97 Å². The van der Waals surface area contributed by atoms with Crippen LogP contribution >= 0.6 is 11.6 Å². The Kier molecular flexibility index (Phi) is 7.48. The largest absolute Gasteiger partial charge is 0.464 e. The van der Waals surface area contributed by atoms with Gasteiger partial charge < -0.3 is 9.47 Å². The molecular weight excluding hydrogens is 266 g/mol. The molecule has 0 heterocycles. The van der Waals surface area contributed by atoms with Gasteiger partial charge in [0.15, 0.2) is 0 Å². The van der Waals surface area contributed by atoms with Crippen LogP contribution in [0.3, 0.4) is 0 Å². The Labute approximate surface area is 119 Å². The zero-order chi connectivity index (χ0) is 14.1. The minimum atomic E-state index is -0.319. The number of carbonyl (C=O) groups is 1. The predicted molar refractivity (Wildman–Crippen MR) is 75.2 cm³/mol. The predicted octanol–water partition coefficient (Wildman–Crippen LogP) is 2.35. The molecule has 0 amide bonds. The number of benzene rings is 1. The van der Waals surface area contributed by atoms with Crippen LogP contribution in [0, 0.1) is 0 Å². The van der Waals surface area contributed by atoms with Crippen molar-refractivity contribution in [3.05, 3.63) is 34.9 Å². The van der Waals surface area contributed by atoms with Crippen LogP contribution in [0.1, 0.15) is 12.5 Å². The standard InChI is InChI=1S/C14H20ClNO3/c1-3-19-14(17)11-18-8-7-16(2)10-12-5-4-6-13(15)9-12/h4-6,9H,3,7-8,10-11H2,1-2H3. The van der Waals surface area contributed by atoms with Gasteiger partial charge in [-0.3, -0.25) is 4.90 Å². The molecule has 0 spiro atoms. The quantitative estimate of drug-likeness (QED) is 0.543. The van der Waals surface area contributed by atoms with Gasteiger partial charge in [-0.15, -0.1) is 0 Å². The first-order valence-corrected chi connectivity index (χ1v) is 6.66. The van der Waals surface area contributed by atoms with E-state index < -0.39 is 0 Å². The van der Waals surface area contributed by atoms with Crippen LogP contribution in [-0.4, -0.2) is 44.3 Å². The van der Waals surface area contributed by atoms with E-state index in [9.17, 15) is 4.79 Å². The normalized spacial score (nSPS) is 10.7. The Morgan fingerprint density at radius 3 is 2.89 bits per heavy atom. The van der Waals surface area contributed by atoms with Crippen LogP contribution in [0.15, 0.2) is 24.3 Å². The highest BCUT2D eigenvalue weighted by atomic mass is 35.5. The number of hydrogen-bond donors (Lipinski definition) is 0. The Morgan fingerprint density at radius 2 is 2.21 bits per heavy atom. The molecule has 0 bridgehead atoms. The molecule has 0 aliphatic carbocycles. The number of carbonyl (C=O) groups excluding carboxylic acids is 1. The van der Waals surface area contributed by atoms with E-state index in [1.54, 1.807) is 6.92 Å². The van der Waals surface area contributed by atoms with Gasteiger partial charge in [0.2, 0.25) is 0 Å². The number of nitrogens with zero attached hydrogens (tertiary/aromatic N) is 1. The lowest BCUT2D eigenvalue weighted by atomic mass is 10.2. The van der Waals surface area contributed by atoms with Gasteiger partial charge in [-0.25, -0.2) is 4.79 Å². The minimum Gasteiger partial charge on any atom is -0.464 e. The highest BCUT2D eigenvalue weighted by Gasteiger charge is 2.03. The first-order chi connectivity index (χ1) is 9.11. The third-order valence-corrected chi connectivity index (χ3v) is 2.72. The highest BCUT2D eigenvalue weighted by molar-refractivity contribution is 6.30. The molecule has 0 aliphatic heterocycles. The van der Waals surface area contributed by atoms with Gasteiger partial charge in [0, 0.05) is 18.1 Å². The molecule has 19 heavy (non-hydrogen) atoms. The zero-order valence-electron chi connectivity index (χ0n) is 11.4. The number of esters is 1. The van der Waals surface area contributed by atoms with E-state index in [4.69, 9.17) is 21.1 Å². The fourth-order valence-corrected chi connectivity index (χ4v) is 1.82. The molecular formula is C14H20ClNO3. The molecule has 0 unspecified atom stereocenters.